The van der Waals surface area contributed by atoms with Gasteiger partial charge in [-0.1, -0.05) is 24.3 Å². The Morgan fingerprint density at radius 3 is 2.61 bits per heavy atom. The van der Waals surface area contributed by atoms with E-state index in [9.17, 15) is 9.90 Å². The summed E-state index contributed by atoms with van der Waals surface area (Å²) in [5.41, 5.74) is 1.39. The minimum Gasteiger partial charge on any atom is -0.504 e. The molecule has 0 aliphatic heterocycles. The number of para-hydroxylation sites is 1. The molecule has 23 heavy (non-hydrogen) atoms. The van der Waals surface area contributed by atoms with Gasteiger partial charge in [0.05, 0.1) is 19.4 Å². The topological polar surface area (TPSA) is 59.0 Å². The number of phenols is 1. The Morgan fingerprint density at radius 2 is 1.96 bits per heavy atom. The predicted octanol–water partition coefficient (Wildman–Crippen LogP) is 3.40. The fourth-order valence-corrected chi connectivity index (χ4v) is 1.99. The normalized spacial score (nSPS) is 10.7. The number of nitrogens with zero attached hydrogens (tertiary/aromatic N) is 1. The fourth-order valence-electron chi connectivity index (χ4n) is 1.99. The third-order valence-corrected chi connectivity index (χ3v) is 3.07. The molecule has 0 unspecified atom stereocenters. The molecule has 0 saturated heterocycles. The van der Waals surface area contributed by atoms with E-state index in [-0.39, 0.29) is 11.7 Å². The Morgan fingerprint density at radius 1 is 1.22 bits per heavy atom. The molecule has 0 bridgehead atoms. The molecule has 0 spiro atoms. The lowest BCUT2D eigenvalue weighted by atomic mass is 10.2. The first-order valence-electron chi connectivity index (χ1n) is 7.23. The molecule has 2 aromatic rings. The molecule has 1 N–H and O–H groups in total. The molecule has 0 atom stereocenters. The average molecular weight is 313 g/mol. The number of carbonyl (C=O) groups excluding carboxylic acids is 1. The number of phenolic OH excluding ortho intramolecular Hbond substituents is 1. The smallest absolute Gasteiger partial charge is 0.274 e. The van der Waals surface area contributed by atoms with Crippen LogP contribution in [0.3, 0.4) is 0 Å². The highest BCUT2D eigenvalue weighted by molar-refractivity contribution is 6.02. The van der Waals surface area contributed by atoms with Crippen LogP contribution in [-0.2, 0) is 9.63 Å². The lowest BCUT2D eigenvalue weighted by Gasteiger charge is -2.19. The predicted molar refractivity (Wildman–Crippen MR) is 89.2 cm³/mol. The summed E-state index contributed by atoms with van der Waals surface area (Å²) < 4.78 is 5.04. The van der Waals surface area contributed by atoms with E-state index in [2.05, 4.69) is 0 Å². The van der Waals surface area contributed by atoms with E-state index in [1.165, 1.54) is 24.3 Å². The SMILES string of the molecule is CCON(C(=O)/C=C/c1ccc(O)c(OC)c1)c1ccccc1. The first kappa shape index (κ1) is 16.6. The first-order valence-corrected chi connectivity index (χ1v) is 7.23. The summed E-state index contributed by atoms with van der Waals surface area (Å²) in [6.45, 7) is 2.19. The second-order valence-corrected chi connectivity index (χ2v) is 4.65. The van der Waals surface area contributed by atoms with Crippen LogP contribution in [0.25, 0.3) is 6.08 Å². The maximum absolute atomic E-state index is 12.4. The van der Waals surface area contributed by atoms with Gasteiger partial charge in [0, 0.05) is 6.08 Å². The summed E-state index contributed by atoms with van der Waals surface area (Å²) in [6, 6.07) is 14.0. The van der Waals surface area contributed by atoms with Crippen LogP contribution in [0.4, 0.5) is 5.69 Å². The summed E-state index contributed by atoms with van der Waals surface area (Å²) in [5.74, 6) is 0.102. The number of ether oxygens (including phenoxy) is 1. The molecule has 0 aliphatic carbocycles. The summed E-state index contributed by atoms with van der Waals surface area (Å²) in [5, 5.41) is 10.8. The molecule has 0 aromatic heterocycles. The Hall–Kier alpha value is -2.79. The number of hydrogen-bond donors (Lipinski definition) is 1. The quantitative estimate of drug-likeness (QED) is 0.656. The highest BCUT2D eigenvalue weighted by Gasteiger charge is 2.13. The lowest BCUT2D eigenvalue weighted by Crippen LogP contribution is -2.29. The third kappa shape index (κ3) is 4.34. The monoisotopic (exact) mass is 313 g/mol. The van der Waals surface area contributed by atoms with Crippen molar-refractivity contribution in [1.82, 2.24) is 0 Å². The standard InChI is InChI=1S/C18H19NO4/c1-3-23-19(15-7-5-4-6-8-15)18(21)12-10-14-9-11-16(20)17(13-14)22-2/h4-13,20H,3H2,1-2H3/b12-10+. The molecule has 0 heterocycles. The summed E-state index contributed by atoms with van der Waals surface area (Å²) in [6.07, 6.45) is 3.05. The number of methoxy groups -OCH3 is 1. The molecule has 0 fully saturated rings. The number of amides is 1. The highest BCUT2D eigenvalue weighted by atomic mass is 16.7. The highest BCUT2D eigenvalue weighted by Crippen LogP contribution is 2.26. The van der Waals surface area contributed by atoms with E-state index in [0.29, 0.717) is 18.0 Å². The number of benzene rings is 2. The van der Waals surface area contributed by atoms with Crippen molar-refractivity contribution in [3.8, 4) is 11.5 Å². The molecule has 0 aliphatic rings. The molecule has 120 valence electrons. The molecule has 0 saturated carbocycles. The van der Waals surface area contributed by atoms with Crippen molar-refractivity contribution >= 4 is 17.7 Å². The molecule has 0 radical (unpaired) electrons. The largest absolute Gasteiger partial charge is 0.504 e. The lowest BCUT2D eigenvalue weighted by molar-refractivity contribution is -0.121. The van der Waals surface area contributed by atoms with E-state index in [1.807, 2.05) is 25.1 Å². The Kier molecular flexibility index (Phi) is 5.77. The van der Waals surface area contributed by atoms with Crippen molar-refractivity contribution < 1.29 is 19.5 Å². The number of carbonyl (C=O) groups is 1. The van der Waals surface area contributed by atoms with Crippen molar-refractivity contribution in [2.45, 2.75) is 6.92 Å². The number of rotatable bonds is 6. The zero-order valence-corrected chi connectivity index (χ0v) is 13.1. The molecule has 5 nitrogen and oxygen atoms in total. The molecular formula is C18H19NO4. The van der Waals surface area contributed by atoms with E-state index in [4.69, 9.17) is 9.57 Å². The van der Waals surface area contributed by atoms with Crippen molar-refractivity contribution in [3.05, 3.63) is 60.2 Å². The number of anilines is 1. The molecular weight excluding hydrogens is 294 g/mol. The zero-order chi connectivity index (χ0) is 16.7. The number of hydroxylamine groups is 1. The number of hydrogen-bond acceptors (Lipinski definition) is 4. The van der Waals surface area contributed by atoms with E-state index in [0.717, 1.165) is 5.56 Å². The van der Waals surface area contributed by atoms with E-state index in [1.54, 1.807) is 30.3 Å². The second-order valence-electron chi connectivity index (χ2n) is 4.65. The third-order valence-electron chi connectivity index (χ3n) is 3.07. The molecule has 5 heteroatoms. The summed E-state index contributed by atoms with van der Waals surface area (Å²) in [7, 11) is 1.47. The van der Waals surface area contributed by atoms with Gasteiger partial charge < -0.3 is 9.84 Å². The van der Waals surface area contributed by atoms with Crippen molar-refractivity contribution in [2.75, 3.05) is 18.8 Å². The van der Waals surface area contributed by atoms with Crippen LogP contribution in [0.15, 0.2) is 54.6 Å². The Labute approximate surface area is 135 Å². The Bertz CT molecular complexity index is 683. The van der Waals surface area contributed by atoms with Crippen molar-refractivity contribution in [3.63, 3.8) is 0 Å². The second kappa shape index (κ2) is 8.00. The van der Waals surface area contributed by atoms with Gasteiger partial charge in [0.25, 0.3) is 5.91 Å². The zero-order valence-electron chi connectivity index (χ0n) is 13.1. The first-order chi connectivity index (χ1) is 11.2. The van der Waals surface area contributed by atoms with E-state index >= 15 is 0 Å². The van der Waals surface area contributed by atoms with Gasteiger partial charge in [0.2, 0.25) is 0 Å². The maximum Gasteiger partial charge on any atom is 0.274 e. The van der Waals surface area contributed by atoms with Crippen molar-refractivity contribution in [2.24, 2.45) is 0 Å². The maximum atomic E-state index is 12.4. The number of aromatic hydroxyl groups is 1. The minimum absolute atomic E-state index is 0.0520. The van der Waals surface area contributed by atoms with Gasteiger partial charge in [-0.05, 0) is 42.8 Å². The van der Waals surface area contributed by atoms with E-state index < -0.39 is 0 Å². The van der Waals surface area contributed by atoms with Crippen molar-refractivity contribution in [1.29, 1.82) is 0 Å². The van der Waals surface area contributed by atoms with Crippen LogP contribution in [0.2, 0.25) is 0 Å². The van der Waals surface area contributed by atoms with Crippen LogP contribution in [-0.4, -0.2) is 24.7 Å². The fraction of sp³-hybridized carbons (Fsp3) is 0.167. The van der Waals surface area contributed by atoms with Crippen LogP contribution in [0, 0.1) is 0 Å². The molecule has 2 aromatic carbocycles. The summed E-state index contributed by atoms with van der Waals surface area (Å²) in [4.78, 5) is 17.8. The molecule has 1 amide bonds. The minimum atomic E-state index is -0.301. The Balaban J connectivity index is 2.18. The summed E-state index contributed by atoms with van der Waals surface area (Å²) >= 11 is 0. The van der Waals surface area contributed by atoms with Crippen LogP contribution in [0.5, 0.6) is 11.5 Å². The van der Waals surface area contributed by atoms with Gasteiger partial charge in [-0.3, -0.25) is 9.63 Å². The van der Waals surface area contributed by atoms with Crippen LogP contribution < -0.4 is 9.80 Å². The van der Waals surface area contributed by atoms with Gasteiger partial charge in [-0.15, -0.1) is 0 Å². The molecule has 2 rings (SSSR count). The van der Waals surface area contributed by atoms with Crippen LogP contribution >= 0.6 is 0 Å². The van der Waals surface area contributed by atoms with Gasteiger partial charge in [0.15, 0.2) is 11.5 Å². The van der Waals surface area contributed by atoms with Gasteiger partial charge in [0.1, 0.15) is 0 Å². The van der Waals surface area contributed by atoms with Gasteiger partial charge in [-0.2, -0.15) is 5.06 Å². The van der Waals surface area contributed by atoms with Gasteiger partial charge >= 0.3 is 0 Å². The van der Waals surface area contributed by atoms with Crippen LogP contribution in [0.1, 0.15) is 12.5 Å². The average Bonchev–Trinajstić information content (AvgIpc) is 2.59. The van der Waals surface area contributed by atoms with Gasteiger partial charge in [-0.25, -0.2) is 0 Å².